The first kappa shape index (κ1) is 21.7. The molecule has 8 nitrogen and oxygen atoms in total. The predicted molar refractivity (Wildman–Crippen MR) is 83.2 cm³/mol. The fourth-order valence-corrected chi connectivity index (χ4v) is 1.26. The van der Waals surface area contributed by atoms with E-state index >= 15 is 0 Å². The Kier molecular flexibility index (Phi) is 12.9. The summed E-state index contributed by atoms with van der Waals surface area (Å²) >= 11 is 0. The average Bonchev–Trinajstić information content (AvgIpc) is 2.59. The maximum atomic E-state index is 11.3. The zero-order valence-corrected chi connectivity index (χ0v) is 13.5. The standard InChI is InChI=1S/C16H22O8/c1-3-13(17)5-7-21-9-11-23-15(19)16(20)24-12-10-22-8-6-14(18)4-2/h3-4H,1-2,5-12H2. The van der Waals surface area contributed by atoms with E-state index < -0.39 is 11.9 Å². The number of allylic oxidation sites excluding steroid dienone is 2. The highest BCUT2D eigenvalue weighted by Gasteiger charge is 2.16. The monoisotopic (exact) mass is 342 g/mol. The van der Waals surface area contributed by atoms with Crippen molar-refractivity contribution >= 4 is 23.5 Å². The second-order valence-corrected chi connectivity index (χ2v) is 4.34. The molecule has 0 aliphatic rings. The van der Waals surface area contributed by atoms with Crippen molar-refractivity contribution in [1.29, 1.82) is 0 Å². The summed E-state index contributed by atoms with van der Waals surface area (Å²) in [6, 6.07) is 0. The maximum absolute atomic E-state index is 11.3. The van der Waals surface area contributed by atoms with E-state index in [4.69, 9.17) is 9.47 Å². The molecule has 0 amide bonds. The summed E-state index contributed by atoms with van der Waals surface area (Å²) in [6.07, 6.45) is 2.77. The lowest BCUT2D eigenvalue weighted by Gasteiger charge is -2.06. The van der Waals surface area contributed by atoms with Crippen LogP contribution in [-0.4, -0.2) is 63.1 Å². The van der Waals surface area contributed by atoms with E-state index in [1.165, 1.54) is 12.2 Å². The number of hydrogen-bond acceptors (Lipinski definition) is 8. The molecule has 0 spiro atoms. The molecule has 0 aromatic heterocycles. The molecule has 0 atom stereocenters. The molecule has 24 heavy (non-hydrogen) atoms. The van der Waals surface area contributed by atoms with Gasteiger partial charge in [0.25, 0.3) is 0 Å². The minimum atomic E-state index is -1.14. The van der Waals surface area contributed by atoms with Crippen LogP contribution in [0.2, 0.25) is 0 Å². The fourth-order valence-electron chi connectivity index (χ4n) is 1.26. The van der Waals surface area contributed by atoms with Crippen LogP contribution in [0.25, 0.3) is 0 Å². The lowest BCUT2D eigenvalue weighted by atomic mass is 10.3. The Hall–Kier alpha value is -2.32. The van der Waals surface area contributed by atoms with Gasteiger partial charge in [0.15, 0.2) is 11.6 Å². The average molecular weight is 342 g/mol. The van der Waals surface area contributed by atoms with Crippen molar-refractivity contribution in [2.24, 2.45) is 0 Å². The third-order valence-corrected chi connectivity index (χ3v) is 2.53. The van der Waals surface area contributed by atoms with Gasteiger partial charge in [-0.15, -0.1) is 0 Å². The number of ether oxygens (including phenoxy) is 4. The quantitative estimate of drug-likeness (QED) is 0.193. The number of ketones is 2. The zero-order valence-electron chi connectivity index (χ0n) is 13.5. The van der Waals surface area contributed by atoms with Gasteiger partial charge in [0.05, 0.1) is 26.4 Å². The van der Waals surface area contributed by atoms with Crippen molar-refractivity contribution < 1.29 is 38.1 Å². The highest BCUT2D eigenvalue weighted by molar-refractivity contribution is 6.29. The molecule has 0 saturated carbocycles. The van der Waals surface area contributed by atoms with Crippen LogP contribution in [0.5, 0.6) is 0 Å². The van der Waals surface area contributed by atoms with Crippen molar-refractivity contribution in [3.8, 4) is 0 Å². The van der Waals surface area contributed by atoms with Crippen LogP contribution in [0.3, 0.4) is 0 Å². The Morgan fingerprint density at radius 1 is 0.625 bits per heavy atom. The van der Waals surface area contributed by atoms with Crippen molar-refractivity contribution in [2.45, 2.75) is 12.8 Å². The summed E-state index contributed by atoms with van der Waals surface area (Å²) < 4.78 is 19.3. The van der Waals surface area contributed by atoms with Gasteiger partial charge in [-0.25, -0.2) is 9.59 Å². The molecule has 8 heteroatoms. The molecule has 0 radical (unpaired) electrons. The van der Waals surface area contributed by atoms with Crippen LogP contribution in [-0.2, 0) is 38.1 Å². The van der Waals surface area contributed by atoms with Gasteiger partial charge in [-0.05, 0) is 12.2 Å². The highest BCUT2D eigenvalue weighted by Crippen LogP contribution is 1.91. The Bertz CT molecular complexity index is 413. The largest absolute Gasteiger partial charge is 0.455 e. The summed E-state index contributed by atoms with van der Waals surface area (Å²) in [6.45, 7) is 6.85. The molecule has 0 heterocycles. The number of hydrogen-bond donors (Lipinski definition) is 0. The molecule has 0 aromatic rings. The first-order valence-electron chi connectivity index (χ1n) is 7.31. The molecule has 0 rings (SSSR count). The topological polar surface area (TPSA) is 105 Å². The lowest BCUT2D eigenvalue weighted by molar-refractivity contribution is -0.169. The van der Waals surface area contributed by atoms with Crippen LogP contribution in [0.15, 0.2) is 25.3 Å². The van der Waals surface area contributed by atoms with Crippen LogP contribution in [0, 0.1) is 0 Å². The van der Waals surface area contributed by atoms with Crippen LogP contribution < -0.4 is 0 Å². The van der Waals surface area contributed by atoms with Crippen molar-refractivity contribution in [3.63, 3.8) is 0 Å². The van der Waals surface area contributed by atoms with Crippen LogP contribution in [0.4, 0.5) is 0 Å². The third kappa shape index (κ3) is 12.2. The summed E-state index contributed by atoms with van der Waals surface area (Å²) in [7, 11) is 0. The van der Waals surface area contributed by atoms with E-state index in [0.717, 1.165) is 0 Å². The van der Waals surface area contributed by atoms with E-state index in [9.17, 15) is 19.2 Å². The second kappa shape index (κ2) is 14.3. The summed E-state index contributed by atoms with van der Waals surface area (Å²) in [5.41, 5.74) is 0. The summed E-state index contributed by atoms with van der Waals surface area (Å²) in [5, 5.41) is 0. The van der Waals surface area contributed by atoms with Gasteiger partial charge in [0, 0.05) is 12.8 Å². The molecule has 0 aliphatic carbocycles. The minimum absolute atomic E-state index is 0.0594. The van der Waals surface area contributed by atoms with Crippen molar-refractivity contribution in [3.05, 3.63) is 25.3 Å². The molecule has 0 saturated heterocycles. The molecule has 0 N–H and O–H groups in total. The predicted octanol–water partition coefficient (Wildman–Crippen LogP) is 0.396. The normalized spacial score (nSPS) is 9.83. The molecule has 0 aromatic carbocycles. The molecular weight excluding hydrogens is 320 g/mol. The number of carbonyl (C=O) groups is 4. The van der Waals surface area contributed by atoms with Gasteiger partial charge in [-0.1, -0.05) is 13.2 Å². The van der Waals surface area contributed by atoms with Gasteiger partial charge >= 0.3 is 11.9 Å². The molecule has 134 valence electrons. The molecular formula is C16H22O8. The SMILES string of the molecule is C=CC(=O)CCOCCOC(=O)C(=O)OCCOCCC(=O)C=C. The highest BCUT2D eigenvalue weighted by atomic mass is 16.6. The van der Waals surface area contributed by atoms with Gasteiger partial charge < -0.3 is 18.9 Å². The Morgan fingerprint density at radius 3 is 1.33 bits per heavy atom. The molecule has 0 unspecified atom stereocenters. The van der Waals surface area contributed by atoms with Crippen LogP contribution >= 0.6 is 0 Å². The fraction of sp³-hybridized carbons (Fsp3) is 0.500. The Morgan fingerprint density at radius 2 is 1.00 bits per heavy atom. The Balaban J connectivity index is 3.54. The molecule has 0 bridgehead atoms. The van der Waals surface area contributed by atoms with Gasteiger partial charge in [-0.3, -0.25) is 9.59 Å². The van der Waals surface area contributed by atoms with Gasteiger partial charge in [-0.2, -0.15) is 0 Å². The van der Waals surface area contributed by atoms with Gasteiger partial charge in [0.1, 0.15) is 13.2 Å². The van der Waals surface area contributed by atoms with E-state index in [0.29, 0.717) is 0 Å². The van der Waals surface area contributed by atoms with E-state index in [1.54, 1.807) is 0 Å². The van der Waals surface area contributed by atoms with Gasteiger partial charge in [0.2, 0.25) is 0 Å². The van der Waals surface area contributed by atoms with E-state index in [2.05, 4.69) is 22.6 Å². The number of rotatable bonds is 14. The minimum Gasteiger partial charge on any atom is -0.455 e. The van der Waals surface area contributed by atoms with Crippen molar-refractivity contribution in [1.82, 2.24) is 0 Å². The first-order chi connectivity index (χ1) is 11.5. The second-order valence-electron chi connectivity index (χ2n) is 4.34. The zero-order chi connectivity index (χ0) is 18.2. The molecule has 0 fully saturated rings. The third-order valence-electron chi connectivity index (χ3n) is 2.53. The van der Waals surface area contributed by atoms with Crippen LogP contribution in [0.1, 0.15) is 12.8 Å². The summed E-state index contributed by atoms with van der Waals surface area (Å²) in [4.78, 5) is 44.3. The van der Waals surface area contributed by atoms with E-state index in [-0.39, 0.29) is 64.0 Å². The van der Waals surface area contributed by atoms with E-state index in [1.807, 2.05) is 0 Å². The molecule has 0 aliphatic heterocycles. The smallest absolute Gasteiger partial charge is 0.417 e. The maximum Gasteiger partial charge on any atom is 0.417 e. The number of esters is 2. The lowest BCUT2D eigenvalue weighted by Crippen LogP contribution is -2.24. The van der Waals surface area contributed by atoms with Crippen molar-refractivity contribution in [2.75, 3.05) is 39.6 Å². The summed E-state index contributed by atoms with van der Waals surface area (Å²) in [5.74, 6) is -2.57. The number of carbonyl (C=O) groups excluding carboxylic acids is 4. The Labute approximate surface area is 140 Å². The first-order valence-corrected chi connectivity index (χ1v) is 7.31.